The largest absolute Gasteiger partial charge is 0.316 e. The van der Waals surface area contributed by atoms with Crippen molar-refractivity contribution in [1.82, 2.24) is 5.32 Å². The average molecular weight is 271 g/mol. The molecule has 0 fully saturated rings. The molecule has 1 aliphatic rings. The minimum absolute atomic E-state index is 0.748. The molecule has 0 radical (unpaired) electrons. The van der Waals surface area contributed by atoms with Crippen LogP contribution >= 0.6 is 0 Å². The van der Waals surface area contributed by atoms with Gasteiger partial charge in [0.2, 0.25) is 0 Å². The summed E-state index contributed by atoms with van der Waals surface area (Å²) in [6, 6.07) is 9.01. The molecule has 1 nitrogen and oxygen atoms in total. The second-order valence-corrected chi connectivity index (χ2v) is 6.38. The molecule has 1 atom stereocenters. The van der Waals surface area contributed by atoms with Gasteiger partial charge in [0.1, 0.15) is 0 Å². The summed E-state index contributed by atoms with van der Waals surface area (Å²) in [4.78, 5) is 0. The molecule has 0 aromatic heterocycles. The van der Waals surface area contributed by atoms with Gasteiger partial charge in [-0.05, 0) is 68.2 Å². The van der Waals surface area contributed by atoms with Crippen molar-refractivity contribution in [2.75, 3.05) is 13.1 Å². The van der Waals surface area contributed by atoms with E-state index in [1.807, 2.05) is 0 Å². The van der Waals surface area contributed by atoms with E-state index in [1.165, 1.54) is 25.7 Å². The molecule has 1 aromatic rings. The predicted molar refractivity (Wildman–Crippen MR) is 88.2 cm³/mol. The summed E-state index contributed by atoms with van der Waals surface area (Å²) in [5.41, 5.74) is 3.18. The number of aryl methyl sites for hydroxylation is 1. The third-order valence-electron chi connectivity index (χ3n) is 4.12. The molecule has 0 bridgehead atoms. The molecular formula is C19H29N. The van der Waals surface area contributed by atoms with Crippen LogP contribution in [0.1, 0.15) is 56.6 Å². The summed E-state index contributed by atoms with van der Waals surface area (Å²) < 4.78 is 0. The summed E-state index contributed by atoms with van der Waals surface area (Å²) in [5.74, 6) is 1.50. The quantitative estimate of drug-likeness (QED) is 0.560. The third-order valence-corrected chi connectivity index (χ3v) is 4.12. The molecule has 0 spiro atoms. The van der Waals surface area contributed by atoms with E-state index in [-0.39, 0.29) is 0 Å². The molecule has 1 N–H and O–H groups in total. The monoisotopic (exact) mass is 271 g/mol. The van der Waals surface area contributed by atoms with Crippen LogP contribution in [0.4, 0.5) is 0 Å². The predicted octanol–water partition coefficient (Wildman–Crippen LogP) is 4.69. The highest BCUT2D eigenvalue weighted by atomic mass is 14.8. The minimum Gasteiger partial charge on any atom is -0.316 e. The zero-order chi connectivity index (χ0) is 14.2. The van der Waals surface area contributed by atoms with Crippen LogP contribution < -0.4 is 5.32 Å². The molecular weight excluding hydrogens is 242 g/mol. The first-order valence-corrected chi connectivity index (χ1v) is 8.21. The summed E-state index contributed by atoms with van der Waals surface area (Å²) >= 11 is 0. The Bertz CT molecular complexity index is 420. The normalized spacial score (nSPS) is 18.6. The van der Waals surface area contributed by atoms with Crippen molar-refractivity contribution in [3.63, 3.8) is 0 Å². The van der Waals surface area contributed by atoms with Crippen LogP contribution in [0.5, 0.6) is 0 Å². The summed E-state index contributed by atoms with van der Waals surface area (Å²) in [6.45, 7) is 6.74. The summed E-state index contributed by atoms with van der Waals surface area (Å²) in [7, 11) is 0. The number of hydrogen-bond acceptors (Lipinski definition) is 1. The van der Waals surface area contributed by atoms with Crippen LogP contribution in [-0.4, -0.2) is 13.1 Å². The first-order valence-electron chi connectivity index (χ1n) is 8.21. The lowest BCUT2D eigenvalue weighted by Gasteiger charge is -2.24. The molecule has 2 rings (SSSR count). The van der Waals surface area contributed by atoms with Gasteiger partial charge in [0.15, 0.2) is 0 Å². The fraction of sp³-hybridized carbons (Fsp3) is 0.579. The molecule has 1 heteroatoms. The van der Waals surface area contributed by atoms with Crippen LogP contribution in [0.15, 0.2) is 36.4 Å². The van der Waals surface area contributed by atoms with E-state index in [0.29, 0.717) is 0 Å². The molecule has 0 amide bonds. The van der Waals surface area contributed by atoms with Gasteiger partial charge >= 0.3 is 0 Å². The van der Waals surface area contributed by atoms with E-state index >= 15 is 0 Å². The maximum atomic E-state index is 3.49. The van der Waals surface area contributed by atoms with Crippen LogP contribution in [0.2, 0.25) is 0 Å². The van der Waals surface area contributed by atoms with Gasteiger partial charge in [-0.2, -0.15) is 0 Å². The zero-order valence-corrected chi connectivity index (χ0v) is 13.1. The Labute approximate surface area is 124 Å². The van der Waals surface area contributed by atoms with E-state index in [9.17, 15) is 0 Å². The van der Waals surface area contributed by atoms with Crippen LogP contribution in [0, 0.1) is 5.92 Å². The molecule has 0 saturated carbocycles. The molecule has 1 aromatic carbocycles. The Morgan fingerprint density at radius 1 is 1.25 bits per heavy atom. The van der Waals surface area contributed by atoms with Crippen molar-refractivity contribution in [1.29, 1.82) is 0 Å². The van der Waals surface area contributed by atoms with E-state index in [4.69, 9.17) is 0 Å². The molecule has 1 aliphatic carbocycles. The number of hydrogen-bond donors (Lipinski definition) is 1. The second-order valence-electron chi connectivity index (χ2n) is 6.38. The fourth-order valence-electron chi connectivity index (χ4n) is 3.05. The zero-order valence-electron chi connectivity index (χ0n) is 13.1. The topological polar surface area (TPSA) is 12.0 Å². The molecule has 0 saturated heterocycles. The molecule has 20 heavy (non-hydrogen) atoms. The Morgan fingerprint density at radius 2 is 2.10 bits per heavy atom. The Kier molecular flexibility index (Phi) is 6.32. The highest BCUT2D eigenvalue weighted by Crippen LogP contribution is 2.33. The minimum atomic E-state index is 0.748. The average Bonchev–Trinajstić information content (AvgIpc) is 2.46. The van der Waals surface area contributed by atoms with E-state index in [0.717, 1.165) is 31.3 Å². The Balaban J connectivity index is 1.72. The van der Waals surface area contributed by atoms with Gasteiger partial charge in [0.05, 0.1) is 0 Å². The maximum absolute atomic E-state index is 3.49. The molecule has 0 heterocycles. The van der Waals surface area contributed by atoms with Crippen LogP contribution in [-0.2, 0) is 6.42 Å². The second kappa shape index (κ2) is 8.26. The maximum Gasteiger partial charge on any atom is -0.00142 e. The van der Waals surface area contributed by atoms with Gasteiger partial charge < -0.3 is 5.32 Å². The Hall–Kier alpha value is -1.08. The Morgan fingerprint density at radius 3 is 2.95 bits per heavy atom. The van der Waals surface area contributed by atoms with Gasteiger partial charge in [0.25, 0.3) is 0 Å². The van der Waals surface area contributed by atoms with Crippen molar-refractivity contribution in [3.05, 3.63) is 47.5 Å². The van der Waals surface area contributed by atoms with Crippen LogP contribution in [0.25, 0.3) is 0 Å². The van der Waals surface area contributed by atoms with Crippen molar-refractivity contribution in [3.8, 4) is 0 Å². The lowest BCUT2D eigenvalue weighted by molar-refractivity contribution is 0.552. The number of nitrogens with one attached hydrogen (secondary N) is 1. The number of allylic oxidation sites excluding steroid dienone is 1. The lowest BCUT2D eigenvalue weighted by Crippen LogP contribution is -2.20. The standard InChI is InChI=1S/C19H29N/c1-16(2)15-20-14-7-3-4-9-17-11-8-12-18-10-5-6-13-19(17)18/h3-6,10,13,16-17,20H,7-9,11-12,14-15H2,1-2H3. The van der Waals surface area contributed by atoms with E-state index < -0.39 is 0 Å². The smallest absolute Gasteiger partial charge is 0.00142 e. The highest BCUT2D eigenvalue weighted by Gasteiger charge is 2.17. The molecule has 110 valence electrons. The van der Waals surface area contributed by atoms with Gasteiger partial charge in [-0.3, -0.25) is 0 Å². The highest BCUT2D eigenvalue weighted by molar-refractivity contribution is 5.32. The van der Waals surface area contributed by atoms with E-state index in [1.54, 1.807) is 11.1 Å². The van der Waals surface area contributed by atoms with Crippen molar-refractivity contribution >= 4 is 0 Å². The van der Waals surface area contributed by atoms with Gasteiger partial charge in [-0.15, -0.1) is 0 Å². The van der Waals surface area contributed by atoms with E-state index in [2.05, 4.69) is 55.6 Å². The van der Waals surface area contributed by atoms with Gasteiger partial charge in [0, 0.05) is 0 Å². The number of rotatable bonds is 7. The third kappa shape index (κ3) is 4.79. The van der Waals surface area contributed by atoms with Gasteiger partial charge in [-0.1, -0.05) is 50.3 Å². The van der Waals surface area contributed by atoms with Crippen molar-refractivity contribution in [2.24, 2.45) is 5.92 Å². The van der Waals surface area contributed by atoms with Gasteiger partial charge in [-0.25, -0.2) is 0 Å². The van der Waals surface area contributed by atoms with Crippen molar-refractivity contribution in [2.45, 2.75) is 51.9 Å². The first-order chi connectivity index (χ1) is 9.77. The number of benzene rings is 1. The lowest BCUT2D eigenvalue weighted by atomic mass is 9.81. The van der Waals surface area contributed by atoms with Crippen LogP contribution in [0.3, 0.4) is 0 Å². The summed E-state index contributed by atoms with van der Waals surface area (Å²) in [5, 5.41) is 3.49. The SMILES string of the molecule is CC(C)CNCCC=CCC1CCCc2ccccc21. The summed E-state index contributed by atoms with van der Waals surface area (Å²) in [6.07, 6.45) is 11.1. The number of fused-ring (bicyclic) bond motifs is 1. The van der Waals surface area contributed by atoms with Crippen molar-refractivity contribution < 1.29 is 0 Å². The fourth-order valence-corrected chi connectivity index (χ4v) is 3.05. The molecule has 0 aliphatic heterocycles. The molecule has 1 unspecified atom stereocenters. The first kappa shape index (κ1) is 15.3.